The summed E-state index contributed by atoms with van der Waals surface area (Å²) in [5.74, 6) is -3.21. The van der Waals surface area contributed by atoms with Crippen molar-refractivity contribution >= 4 is 23.2 Å². The van der Waals surface area contributed by atoms with Crippen LogP contribution in [0.25, 0.3) is 0 Å². The highest BCUT2D eigenvalue weighted by Crippen LogP contribution is 2.41. The topological polar surface area (TPSA) is 93.0 Å². The second kappa shape index (κ2) is 8.51. The van der Waals surface area contributed by atoms with Crippen molar-refractivity contribution in [2.45, 2.75) is 59.4 Å². The smallest absolute Gasteiger partial charge is 0.316 e. The van der Waals surface area contributed by atoms with Gasteiger partial charge in [0.1, 0.15) is 17.6 Å². The molecule has 0 spiro atoms. The van der Waals surface area contributed by atoms with Crippen LogP contribution in [0.4, 0.5) is 0 Å². The molecule has 1 fully saturated rings. The van der Waals surface area contributed by atoms with Crippen LogP contribution in [0.3, 0.4) is 0 Å². The molecule has 6 nitrogen and oxygen atoms in total. The lowest BCUT2D eigenvalue weighted by molar-refractivity contribution is -0.156. The first-order chi connectivity index (χ1) is 11.2. The molecule has 0 aromatic carbocycles. The van der Waals surface area contributed by atoms with Crippen LogP contribution in [0.15, 0.2) is 4.99 Å². The Morgan fingerprint density at radius 3 is 2.46 bits per heavy atom. The largest absolute Gasteiger partial charge is 0.468 e. The summed E-state index contributed by atoms with van der Waals surface area (Å²) < 4.78 is 4.79. The average Bonchev–Trinajstić information content (AvgIpc) is 2.51. The molecule has 1 N–H and O–H groups in total. The van der Waals surface area contributed by atoms with E-state index in [-0.39, 0.29) is 24.9 Å². The van der Waals surface area contributed by atoms with Gasteiger partial charge in [-0.05, 0) is 24.7 Å². The lowest BCUT2D eigenvalue weighted by Gasteiger charge is -2.39. The zero-order valence-electron chi connectivity index (χ0n) is 15.3. The molecule has 0 bridgehead atoms. The molecule has 0 unspecified atom stereocenters. The SMILES string of the molecule is CCCC(=O)[C@H]1C(=O)[C@@H](C(=O)OC)C(C)(C)CC1=N[C@H](CC)CO. The van der Waals surface area contributed by atoms with Crippen LogP contribution in [0, 0.1) is 17.3 Å². The van der Waals surface area contributed by atoms with E-state index in [1.807, 2.05) is 27.7 Å². The molecule has 0 aromatic heterocycles. The molecule has 0 saturated heterocycles. The van der Waals surface area contributed by atoms with Gasteiger partial charge < -0.3 is 9.84 Å². The highest BCUT2D eigenvalue weighted by atomic mass is 16.5. The summed E-state index contributed by atoms with van der Waals surface area (Å²) in [4.78, 5) is 42.1. The van der Waals surface area contributed by atoms with E-state index >= 15 is 0 Å². The van der Waals surface area contributed by atoms with E-state index in [0.717, 1.165) is 0 Å². The minimum absolute atomic E-state index is 0.135. The maximum atomic E-state index is 13.0. The Hall–Kier alpha value is -1.56. The third-order valence-electron chi connectivity index (χ3n) is 4.61. The number of ketones is 2. The van der Waals surface area contributed by atoms with Crippen molar-refractivity contribution in [2.75, 3.05) is 13.7 Å². The predicted octanol–water partition coefficient (Wildman–Crippen LogP) is 1.97. The Balaban J connectivity index is 3.35. The van der Waals surface area contributed by atoms with E-state index in [1.165, 1.54) is 7.11 Å². The molecule has 0 aliphatic heterocycles. The van der Waals surface area contributed by atoms with Crippen LogP contribution in [0.1, 0.15) is 53.4 Å². The van der Waals surface area contributed by atoms with Gasteiger partial charge in [0, 0.05) is 12.1 Å². The molecule has 1 aliphatic rings. The second-order valence-electron chi connectivity index (χ2n) is 7.04. The first-order valence-electron chi connectivity index (χ1n) is 8.55. The number of aliphatic hydroxyl groups is 1. The standard InChI is InChI=1S/C18H29NO5/c1-6-8-13(21)14-12(19-11(7-2)10-20)9-18(3,4)15(16(14)22)17(23)24-5/h11,14-15,20H,6-10H2,1-5H3/t11-,14+,15+/m1/s1. The molecule has 0 radical (unpaired) electrons. The fourth-order valence-electron chi connectivity index (χ4n) is 3.29. The Bertz CT molecular complexity index is 520. The van der Waals surface area contributed by atoms with Crippen molar-refractivity contribution in [3.63, 3.8) is 0 Å². The van der Waals surface area contributed by atoms with Gasteiger partial charge in [0.05, 0.1) is 19.8 Å². The minimum Gasteiger partial charge on any atom is -0.468 e. The Morgan fingerprint density at radius 1 is 1.38 bits per heavy atom. The van der Waals surface area contributed by atoms with Gasteiger partial charge in [-0.25, -0.2) is 0 Å². The van der Waals surface area contributed by atoms with Crippen LogP contribution in [0.5, 0.6) is 0 Å². The maximum Gasteiger partial charge on any atom is 0.316 e. The first kappa shape index (κ1) is 20.5. The van der Waals surface area contributed by atoms with E-state index < -0.39 is 29.0 Å². The minimum atomic E-state index is -0.998. The molecule has 136 valence electrons. The number of aliphatic imine (C=N–C) groups is 1. The number of carbonyl (C=O) groups is 3. The quantitative estimate of drug-likeness (QED) is 0.565. The van der Waals surface area contributed by atoms with Gasteiger partial charge in [-0.1, -0.05) is 27.7 Å². The molecule has 0 aromatic rings. The van der Waals surface area contributed by atoms with Gasteiger partial charge in [-0.15, -0.1) is 0 Å². The van der Waals surface area contributed by atoms with Gasteiger partial charge in [0.25, 0.3) is 0 Å². The van der Waals surface area contributed by atoms with Crippen molar-refractivity contribution in [2.24, 2.45) is 22.2 Å². The van der Waals surface area contributed by atoms with E-state index in [9.17, 15) is 19.5 Å². The van der Waals surface area contributed by atoms with E-state index in [1.54, 1.807) is 0 Å². The summed E-state index contributed by atoms with van der Waals surface area (Å²) >= 11 is 0. The predicted molar refractivity (Wildman–Crippen MR) is 90.9 cm³/mol. The summed E-state index contributed by atoms with van der Waals surface area (Å²) in [6.45, 7) is 7.24. The second-order valence-corrected chi connectivity index (χ2v) is 7.04. The van der Waals surface area contributed by atoms with Crippen molar-refractivity contribution < 1.29 is 24.2 Å². The number of methoxy groups -OCH3 is 1. The van der Waals surface area contributed by atoms with Gasteiger partial charge in [-0.2, -0.15) is 0 Å². The molecular formula is C18H29NO5. The number of aliphatic hydroxyl groups excluding tert-OH is 1. The number of rotatable bonds is 7. The number of nitrogens with zero attached hydrogens (tertiary/aromatic N) is 1. The van der Waals surface area contributed by atoms with Gasteiger partial charge in [0.15, 0.2) is 5.78 Å². The van der Waals surface area contributed by atoms with Crippen LogP contribution >= 0.6 is 0 Å². The van der Waals surface area contributed by atoms with Crippen molar-refractivity contribution in [1.82, 2.24) is 0 Å². The molecule has 24 heavy (non-hydrogen) atoms. The monoisotopic (exact) mass is 339 g/mol. The number of hydrogen-bond donors (Lipinski definition) is 1. The third kappa shape index (κ3) is 4.29. The first-order valence-corrected chi connectivity index (χ1v) is 8.55. The Morgan fingerprint density at radius 2 is 2.00 bits per heavy atom. The molecule has 0 amide bonds. The lowest BCUT2D eigenvalue weighted by atomic mass is 9.62. The number of Topliss-reactive ketones (excluding diaryl/α,β-unsaturated/α-hetero) is 2. The van der Waals surface area contributed by atoms with Gasteiger partial charge in [0.2, 0.25) is 0 Å². The van der Waals surface area contributed by atoms with Crippen molar-refractivity contribution in [1.29, 1.82) is 0 Å². The summed E-state index contributed by atoms with van der Waals surface area (Å²) in [6.07, 6.45) is 1.86. The number of hydrogen-bond acceptors (Lipinski definition) is 6. The Labute approximate surface area is 143 Å². The van der Waals surface area contributed by atoms with Crippen LogP contribution in [0.2, 0.25) is 0 Å². The van der Waals surface area contributed by atoms with E-state index in [2.05, 4.69) is 4.99 Å². The van der Waals surface area contributed by atoms with Crippen LogP contribution in [-0.2, 0) is 19.1 Å². The molecule has 6 heteroatoms. The molecular weight excluding hydrogens is 310 g/mol. The summed E-state index contributed by atoms with van der Waals surface area (Å²) in [6, 6.07) is -0.338. The fourth-order valence-corrected chi connectivity index (χ4v) is 3.29. The molecule has 1 saturated carbocycles. The Kier molecular flexibility index (Phi) is 7.27. The maximum absolute atomic E-state index is 13.0. The van der Waals surface area contributed by atoms with Crippen LogP contribution in [-0.4, -0.2) is 48.1 Å². The summed E-state index contributed by atoms with van der Waals surface area (Å²) in [5, 5.41) is 9.41. The lowest BCUT2D eigenvalue weighted by Crippen LogP contribution is -2.52. The molecule has 0 heterocycles. The number of esters is 1. The highest BCUT2D eigenvalue weighted by Gasteiger charge is 2.52. The molecule has 1 rings (SSSR count). The van der Waals surface area contributed by atoms with Crippen molar-refractivity contribution in [3.05, 3.63) is 0 Å². The fraction of sp³-hybridized carbons (Fsp3) is 0.778. The van der Waals surface area contributed by atoms with Gasteiger partial charge >= 0.3 is 5.97 Å². The number of ether oxygens (including phenoxy) is 1. The van der Waals surface area contributed by atoms with Crippen molar-refractivity contribution in [3.8, 4) is 0 Å². The van der Waals surface area contributed by atoms with Gasteiger partial charge in [-0.3, -0.25) is 19.4 Å². The summed E-state index contributed by atoms with van der Waals surface area (Å²) in [7, 11) is 1.25. The third-order valence-corrected chi connectivity index (χ3v) is 4.61. The number of carbonyl (C=O) groups excluding carboxylic acids is 3. The summed E-state index contributed by atoms with van der Waals surface area (Å²) in [5.41, 5.74) is -0.191. The highest BCUT2D eigenvalue weighted by molar-refractivity contribution is 6.26. The van der Waals surface area contributed by atoms with E-state index in [0.29, 0.717) is 25.0 Å². The normalized spacial score (nSPS) is 26.2. The van der Waals surface area contributed by atoms with E-state index in [4.69, 9.17) is 4.74 Å². The average molecular weight is 339 g/mol. The van der Waals surface area contributed by atoms with Crippen LogP contribution < -0.4 is 0 Å². The zero-order valence-corrected chi connectivity index (χ0v) is 15.3. The zero-order chi connectivity index (χ0) is 18.5. The molecule has 3 atom stereocenters. The molecule has 1 aliphatic carbocycles.